The molecule has 1 saturated carbocycles. The third-order valence-electron chi connectivity index (χ3n) is 5.33. The van der Waals surface area contributed by atoms with Crippen LogP contribution >= 0.6 is 34.8 Å². The molecule has 1 heterocycles. The summed E-state index contributed by atoms with van der Waals surface area (Å²) >= 11 is 16.7. The molecule has 0 aromatic heterocycles. The molecule has 1 aliphatic heterocycles. The van der Waals surface area contributed by atoms with Crippen molar-refractivity contribution in [1.82, 2.24) is 4.90 Å². The summed E-state index contributed by atoms with van der Waals surface area (Å²) in [5.41, 5.74) is -1.07. The summed E-state index contributed by atoms with van der Waals surface area (Å²) in [7, 11) is 0. The van der Waals surface area contributed by atoms with Crippen molar-refractivity contribution in [3.63, 3.8) is 0 Å². The summed E-state index contributed by atoms with van der Waals surface area (Å²) in [5.74, 6) is -2.83. The zero-order chi connectivity index (χ0) is 21.1. The van der Waals surface area contributed by atoms with Gasteiger partial charge in [0.2, 0.25) is 3.79 Å². The maximum absolute atomic E-state index is 12.5. The molecule has 0 aromatic rings. The fraction of sp³-hybridized carbons (Fsp3) is 0.765. The molecule has 1 saturated heterocycles. The summed E-state index contributed by atoms with van der Waals surface area (Å²) in [5, 5.41) is 19.5. The minimum Gasteiger partial charge on any atom is -0.480 e. The van der Waals surface area contributed by atoms with E-state index in [4.69, 9.17) is 44.3 Å². The SMILES string of the molecule is CCOC(=O)[C@@H]1CCC[C@@]2(C#N)CN(C(=O)OCC(Cl)(Cl)Cl)[C@H](C(=O)O)C[C@H]12. The Morgan fingerprint density at radius 3 is 2.54 bits per heavy atom. The Labute approximate surface area is 177 Å². The molecule has 11 heteroatoms. The molecule has 0 spiro atoms. The molecule has 1 aliphatic carbocycles. The van der Waals surface area contributed by atoms with E-state index in [0.717, 1.165) is 4.90 Å². The summed E-state index contributed by atoms with van der Waals surface area (Å²) < 4.78 is 8.21. The topological polar surface area (TPSA) is 117 Å². The van der Waals surface area contributed by atoms with E-state index in [1.54, 1.807) is 6.92 Å². The van der Waals surface area contributed by atoms with Crippen LogP contribution in [-0.4, -0.2) is 57.6 Å². The number of hydrogen-bond acceptors (Lipinski definition) is 6. The molecule has 28 heavy (non-hydrogen) atoms. The van der Waals surface area contributed by atoms with E-state index in [1.807, 2.05) is 0 Å². The standard InChI is InChI=1S/C17H21Cl3N2O6/c1-2-27-14(25)10-4-3-5-16(7-21)8-22(12(13(23)24)6-11(10)16)15(26)28-9-17(18,19)20/h10-12H,2-6,8-9H2,1H3,(H,23,24)/t10-,11-,12+,16-/m1/s1. The van der Waals surface area contributed by atoms with Crippen molar-refractivity contribution in [2.45, 2.75) is 42.4 Å². The van der Waals surface area contributed by atoms with Crippen LogP contribution in [0.4, 0.5) is 4.79 Å². The summed E-state index contributed by atoms with van der Waals surface area (Å²) in [6.07, 6.45) is 0.490. The lowest BCUT2D eigenvalue weighted by Crippen LogP contribution is -2.61. The highest BCUT2D eigenvalue weighted by Gasteiger charge is 2.56. The van der Waals surface area contributed by atoms with Crippen LogP contribution in [0.25, 0.3) is 0 Å². The molecule has 8 nitrogen and oxygen atoms in total. The van der Waals surface area contributed by atoms with Gasteiger partial charge in [-0.05, 0) is 32.1 Å². The van der Waals surface area contributed by atoms with Crippen LogP contribution in [0.15, 0.2) is 0 Å². The van der Waals surface area contributed by atoms with Crippen LogP contribution in [0.1, 0.15) is 32.6 Å². The van der Waals surface area contributed by atoms with Crippen molar-refractivity contribution in [3.8, 4) is 6.07 Å². The second kappa shape index (κ2) is 8.93. The molecule has 1 amide bonds. The first-order valence-corrected chi connectivity index (χ1v) is 9.99. The molecular formula is C17H21Cl3N2O6. The summed E-state index contributed by atoms with van der Waals surface area (Å²) in [6, 6.07) is 0.975. The Morgan fingerprint density at radius 1 is 1.32 bits per heavy atom. The Balaban J connectivity index is 2.30. The van der Waals surface area contributed by atoms with Gasteiger partial charge in [-0.15, -0.1) is 0 Å². The fourth-order valence-electron chi connectivity index (χ4n) is 4.14. The van der Waals surface area contributed by atoms with Crippen LogP contribution in [0.5, 0.6) is 0 Å². The number of nitrogens with zero attached hydrogens (tertiary/aromatic N) is 2. The molecule has 0 unspecified atom stereocenters. The van der Waals surface area contributed by atoms with Crippen molar-refractivity contribution < 1.29 is 29.0 Å². The van der Waals surface area contributed by atoms with Crippen LogP contribution in [-0.2, 0) is 19.1 Å². The monoisotopic (exact) mass is 454 g/mol. The zero-order valence-electron chi connectivity index (χ0n) is 15.2. The summed E-state index contributed by atoms with van der Waals surface area (Å²) in [6.45, 7) is 1.13. The smallest absolute Gasteiger partial charge is 0.410 e. The lowest BCUT2D eigenvalue weighted by molar-refractivity contribution is -0.161. The van der Waals surface area contributed by atoms with Crippen LogP contribution in [0, 0.1) is 28.6 Å². The van der Waals surface area contributed by atoms with Crippen molar-refractivity contribution in [1.29, 1.82) is 5.26 Å². The Kier molecular flexibility index (Phi) is 7.29. The maximum atomic E-state index is 12.5. The number of amides is 1. The van der Waals surface area contributed by atoms with Gasteiger partial charge in [0.1, 0.15) is 12.6 Å². The molecule has 0 radical (unpaired) electrons. The largest absolute Gasteiger partial charge is 0.480 e. The number of ether oxygens (including phenoxy) is 2. The van der Waals surface area contributed by atoms with E-state index in [0.29, 0.717) is 19.3 Å². The first kappa shape index (κ1) is 22.9. The van der Waals surface area contributed by atoms with Gasteiger partial charge in [-0.2, -0.15) is 5.26 Å². The van der Waals surface area contributed by atoms with Crippen molar-refractivity contribution in [3.05, 3.63) is 0 Å². The average molecular weight is 456 g/mol. The lowest BCUT2D eigenvalue weighted by Gasteiger charge is -2.51. The van der Waals surface area contributed by atoms with Gasteiger partial charge >= 0.3 is 18.0 Å². The van der Waals surface area contributed by atoms with Crippen molar-refractivity contribution in [2.24, 2.45) is 17.3 Å². The van der Waals surface area contributed by atoms with Crippen LogP contribution in [0.2, 0.25) is 0 Å². The lowest BCUT2D eigenvalue weighted by atomic mass is 9.58. The Hall–Kier alpha value is -1.43. The molecule has 4 atom stereocenters. The quantitative estimate of drug-likeness (QED) is 0.511. The first-order valence-electron chi connectivity index (χ1n) is 8.85. The summed E-state index contributed by atoms with van der Waals surface area (Å²) in [4.78, 5) is 37.7. The second-order valence-corrected chi connectivity index (χ2v) is 9.53. The predicted molar refractivity (Wildman–Crippen MR) is 99.9 cm³/mol. The van der Waals surface area contributed by atoms with E-state index in [2.05, 4.69) is 6.07 Å². The molecule has 0 aromatic carbocycles. The molecule has 2 fully saturated rings. The highest BCUT2D eigenvalue weighted by atomic mass is 35.6. The number of hydrogen-bond donors (Lipinski definition) is 1. The van der Waals surface area contributed by atoms with Gasteiger partial charge in [0.15, 0.2) is 0 Å². The van der Waals surface area contributed by atoms with Gasteiger partial charge in [-0.3, -0.25) is 9.69 Å². The Bertz CT molecular complexity index is 677. The minimum absolute atomic E-state index is 0.0603. The number of carboxylic acid groups (broad SMARTS) is 1. The van der Waals surface area contributed by atoms with Gasteiger partial charge in [-0.1, -0.05) is 41.2 Å². The average Bonchev–Trinajstić information content (AvgIpc) is 2.63. The first-order chi connectivity index (χ1) is 13.0. The van der Waals surface area contributed by atoms with E-state index in [9.17, 15) is 24.8 Å². The molecule has 2 rings (SSSR count). The predicted octanol–water partition coefficient (Wildman–Crippen LogP) is 3.14. The maximum Gasteiger partial charge on any atom is 0.410 e. The molecule has 156 valence electrons. The number of halogens is 3. The number of aliphatic carboxylic acids is 1. The van der Waals surface area contributed by atoms with E-state index in [-0.39, 0.29) is 19.6 Å². The highest BCUT2D eigenvalue weighted by Crippen LogP contribution is 2.51. The van der Waals surface area contributed by atoms with Gasteiger partial charge < -0.3 is 14.6 Å². The van der Waals surface area contributed by atoms with E-state index in [1.165, 1.54) is 0 Å². The molecule has 0 bridgehead atoms. The fourth-order valence-corrected chi connectivity index (χ4v) is 4.30. The highest BCUT2D eigenvalue weighted by molar-refractivity contribution is 6.67. The van der Waals surface area contributed by atoms with Gasteiger partial charge in [0, 0.05) is 6.54 Å². The van der Waals surface area contributed by atoms with E-state index < -0.39 is 51.7 Å². The van der Waals surface area contributed by atoms with Crippen LogP contribution in [0.3, 0.4) is 0 Å². The van der Waals surface area contributed by atoms with Crippen molar-refractivity contribution >= 4 is 52.8 Å². The number of nitriles is 1. The Morgan fingerprint density at radius 2 is 2.00 bits per heavy atom. The second-order valence-electron chi connectivity index (χ2n) is 7.01. The number of fused-ring (bicyclic) bond motifs is 1. The molecule has 2 aliphatic rings. The molecular weight excluding hydrogens is 435 g/mol. The third-order valence-corrected chi connectivity index (χ3v) is 5.66. The number of alkyl halides is 3. The van der Waals surface area contributed by atoms with Gasteiger partial charge in [-0.25, -0.2) is 9.59 Å². The minimum atomic E-state index is -1.85. The van der Waals surface area contributed by atoms with Crippen molar-refractivity contribution in [2.75, 3.05) is 19.8 Å². The van der Waals surface area contributed by atoms with Crippen LogP contribution < -0.4 is 0 Å². The van der Waals surface area contributed by atoms with Gasteiger partial charge in [0.25, 0.3) is 0 Å². The number of carbonyl (C=O) groups is 3. The van der Waals surface area contributed by atoms with E-state index >= 15 is 0 Å². The normalized spacial score (nSPS) is 30.0. The number of carbonyl (C=O) groups excluding carboxylic acids is 2. The number of carboxylic acids is 1. The third kappa shape index (κ3) is 4.94. The van der Waals surface area contributed by atoms with Gasteiger partial charge in [0.05, 0.1) is 24.0 Å². The number of rotatable bonds is 4. The number of esters is 1. The molecule has 1 N–H and O–H groups in total. The number of piperidine rings is 1. The zero-order valence-corrected chi connectivity index (χ0v) is 17.5. The number of likely N-dealkylation sites (tertiary alicyclic amines) is 1.